The molecule has 0 aromatic heterocycles. The number of carbonyl (C=O) groups excluding carboxylic acids is 3. The lowest BCUT2D eigenvalue weighted by atomic mass is 10.1. The molecule has 3 amide bonds. The highest BCUT2D eigenvalue weighted by Gasteiger charge is 2.41. The van der Waals surface area contributed by atoms with Crippen LogP contribution in [0.4, 0.5) is 0 Å². The van der Waals surface area contributed by atoms with E-state index in [0.717, 1.165) is 0 Å². The van der Waals surface area contributed by atoms with Gasteiger partial charge in [0.1, 0.15) is 10.9 Å². The average Bonchev–Trinajstić information content (AvgIpc) is 3.02. The molecule has 1 N–H and O–H groups in total. The van der Waals surface area contributed by atoms with Crippen molar-refractivity contribution in [3.8, 4) is 0 Å². The topological polar surface area (TPSA) is 104 Å². The second-order valence-corrected chi connectivity index (χ2v) is 11.0. The summed E-state index contributed by atoms with van der Waals surface area (Å²) in [5.41, 5.74) is 0.724. The largest absolute Gasteiger partial charge is 0.352 e. The van der Waals surface area contributed by atoms with Gasteiger partial charge in [0.15, 0.2) is 0 Å². The Hall–Kier alpha value is -2.62. The highest BCUT2D eigenvalue weighted by Crippen LogP contribution is 2.30. The second kappa shape index (κ2) is 11.0. The van der Waals surface area contributed by atoms with Crippen molar-refractivity contribution in [2.24, 2.45) is 0 Å². The Labute approximate surface area is 215 Å². The Bertz CT molecular complexity index is 1250. The van der Waals surface area contributed by atoms with Crippen LogP contribution in [0.5, 0.6) is 0 Å². The molecule has 2 aromatic rings. The fourth-order valence-corrected chi connectivity index (χ4v) is 5.57. The van der Waals surface area contributed by atoms with Crippen molar-refractivity contribution in [3.63, 3.8) is 0 Å². The van der Waals surface area contributed by atoms with Crippen LogP contribution in [0.2, 0.25) is 10.0 Å². The van der Waals surface area contributed by atoms with Crippen LogP contribution in [0.1, 0.15) is 49.5 Å². The van der Waals surface area contributed by atoms with E-state index < -0.39 is 27.9 Å². The maximum absolute atomic E-state index is 13.3. The minimum absolute atomic E-state index is 0.0474. The molecule has 35 heavy (non-hydrogen) atoms. The summed E-state index contributed by atoms with van der Waals surface area (Å²) >= 11 is 12.1. The molecule has 0 aliphatic carbocycles. The molecule has 0 saturated heterocycles. The Morgan fingerprint density at radius 3 is 2.40 bits per heavy atom. The predicted octanol–water partition coefficient (Wildman–Crippen LogP) is 3.86. The Kier molecular flexibility index (Phi) is 8.46. The van der Waals surface area contributed by atoms with Crippen LogP contribution >= 0.6 is 23.2 Å². The molecule has 0 saturated carbocycles. The summed E-state index contributed by atoms with van der Waals surface area (Å²) in [6.07, 6.45) is 0.427. The molecule has 0 radical (unpaired) electrons. The summed E-state index contributed by atoms with van der Waals surface area (Å²) in [6, 6.07) is 9.88. The van der Waals surface area contributed by atoms with Crippen LogP contribution in [0, 0.1) is 0 Å². The molecule has 8 nitrogen and oxygen atoms in total. The number of sulfonamides is 1. The third-order valence-corrected chi connectivity index (χ3v) is 8.53. The van der Waals surface area contributed by atoms with Crippen LogP contribution in [-0.2, 0) is 26.2 Å². The van der Waals surface area contributed by atoms with Crippen LogP contribution < -0.4 is 5.32 Å². The van der Waals surface area contributed by atoms with Gasteiger partial charge < -0.3 is 10.2 Å². The van der Waals surface area contributed by atoms with E-state index in [-0.39, 0.29) is 41.9 Å². The number of carbonyl (C=O) groups is 3. The third kappa shape index (κ3) is 5.79. The summed E-state index contributed by atoms with van der Waals surface area (Å²) in [6.45, 7) is 5.09. The number of nitrogens with one attached hydrogen (secondary N) is 1. The minimum atomic E-state index is -4.04. The van der Waals surface area contributed by atoms with E-state index in [1.54, 1.807) is 31.2 Å². The van der Waals surface area contributed by atoms with Crippen molar-refractivity contribution in [1.29, 1.82) is 0 Å². The molecule has 0 bridgehead atoms. The number of hydrogen-bond donors (Lipinski definition) is 1. The first kappa shape index (κ1) is 27.0. The van der Waals surface area contributed by atoms with Gasteiger partial charge in [-0.05, 0) is 50.1 Å². The zero-order chi connectivity index (χ0) is 25.9. The number of hydrogen-bond acceptors (Lipinski definition) is 5. The number of benzene rings is 2. The van der Waals surface area contributed by atoms with Gasteiger partial charge in [0.2, 0.25) is 11.8 Å². The maximum Gasteiger partial charge on any atom is 0.269 e. The van der Waals surface area contributed by atoms with Crippen LogP contribution in [0.25, 0.3) is 0 Å². The zero-order valence-electron chi connectivity index (χ0n) is 19.6. The fourth-order valence-electron chi connectivity index (χ4n) is 3.68. The number of rotatable bonds is 9. The Balaban J connectivity index is 1.81. The Morgan fingerprint density at radius 2 is 1.77 bits per heavy atom. The van der Waals surface area contributed by atoms with Crippen molar-refractivity contribution < 1.29 is 22.8 Å². The van der Waals surface area contributed by atoms with Crippen molar-refractivity contribution in [1.82, 2.24) is 14.5 Å². The standard InChI is InChI=1S/C24H27Cl2N3O5S/c1-4-15(2)27-23(31)16(3)28(14-17-9-10-19(25)20(26)13-17)22(30)11-12-29-24(32)18-7-5-6-8-21(18)35(29,33)34/h5-10,13,15-16H,4,11-12,14H2,1-3H3,(H,27,31)/t15-,16-/m1/s1. The first-order valence-corrected chi connectivity index (χ1v) is 13.4. The molecule has 1 aliphatic heterocycles. The van der Waals surface area contributed by atoms with Crippen molar-refractivity contribution in [3.05, 3.63) is 63.6 Å². The SMILES string of the molecule is CC[C@@H](C)NC(=O)[C@@H](C)N(Cc1ccc(Cl)c(Cl)c1)C(=O)CCN1C(=O)c2ccccc2S1(=O)=O. The van der Waals surface area contributed by atoms with Gasteiger partial charge in [-0.1, -0.05) is 48.3 Å². The van der Waals surface area contributed by atoms with E-state index in [1.165, 1.54) is 23.1 Å². The van der Waals surface area contributed by atoms with E-state index >= 15 is 0 Å². The first-order valence-electron chi connectivity index (χ1n) is 11.2. The lowest BCUT2D eigenvalue weighted by Gasteiger charge is -2.30. The maximum atomic E-state index is 13.3. The molecule has 2 atom stereocenters. The quantitative estimate of drug-likeness (QED) is 0.520. The smallest absolute Gasteiger partial charge is 0.269 e. The molecule has 1 aliphatic rings. The molecule has 0 unspecified atom stereocenters. The van der Waals surface area contributed by atoms with Gasteiger partial charge in [-0.25, -0.2) is 12.7 Å². The molecular formula is C24H27Cl2N3O5S. The molecule has 0 spiro atoms. The van der Waals surface area contributed by atoms with Gasteiger partial charge in [0, 0.05) is 25.6 Å². The highest BCUT2D eigenvalue weighted by atomic mass is 35.5. The monoisotopic (exact) mass is 539 g/mol. The zero-order valence-corrected chi connectivity index (χ0v) is 22.0. The van der Waals surface area contributed by atoms with E-state index in [1.807, 2.05) is 13.8 Å². The average molecular weight is 540 g/mol. The summed E-state index contributed by atoms with van der Waals surface area (Å²) in [5.74, 6) is -1.50. The second-order valence-electron chi connectivity index (χ2n) is 8.39. The highest BCUT2D eigenvalue weighted by molar-refractivity contribution is 7.90. The van der Waals surface area contributed by atoms with Gasteiger partial charge in [-0.2, -0.15) is 0 Å². The van der Waals surface area contributed by atoms with Crippen molar-refractivity contribution in [2.45, 2.75) is 57.1 Å². The van der Waals surface area contributed by atoms with Crippen LogP contribution in [-0.4, -0.2) is 54.0 Å². The normalized spacial score (nSPS) is 15.9. The van der Waals surface area contributed by atoms with Crippen molar-refractivity contribution in [2.75, 3.05) is 6.54 Å². The fraction of sp³-hybridized carbons (Fsp3) is 0.375. The van der Waals surface area contributed by atoms with E-state index in [9.17, 15) is 22.8 Å². The number of nitrogens with zero attached hydrogens (tertiary/aromatic N) is 2. The van der Waals surface area contributed by atoms with E-state index in [2.05, 4.69) is 5.32 Å². The molecule has 11 heteroatoms. The van der Waals surface area contributed by atoms with Gasteiger partial charge >= 0.3 is 0 Å². The molecular weight excluding hydrogens is 513 g/mol. The van der Waals surface area contributed by atoms with E-state index in [0.29, 0.717) is 26.3 Å². The number of halogens is 2. The van der Waals surface area contributed by atoms with Crippen LogP contribution in [0.15, 0.2) is 47.4 Å². The molecule has 0 fully saturated rings. The lowest BCUT2D eigenvalue weighted by Crippen LogP contribution is -2.50. The van der Waals surface area contributed by atoms with Gasteiger partial charge in [-0.3, -0.25) is 14.4 Å². The summed E-state index contributed by atoms with van der Waals surface area (Å²) in [5, 5.41) is 3.52. The molecule has 2 aromatic carbocycles. The summed E-state index contributed by atoms with van der Waals surface area (Å²) in [4.78, 5) is 40.1. The molecule has 1 heterocycles. The summed E-state index contributed by atoms with van der Waals surface area (Å²) < 4.78 is 26.4. The van der Waals surface area contributed by atoms with E-state index in [4.69, 9.17) is 23.2 Å². The minimum Gasteiger partial charge on any atom is -0.352 e. The lowest BCUT2D eigenvalue weighted by molar-refractivity contribution is -0.140. The third-order valence-electron chi connectivity index (χ3n) is 5.95. The number of fused-ring (bicyclic) bond motifs is 1. The van der Waals surface area contributed by atoms with Crippen molar-refractivity contribution >= 4 is 50.9 Å². The summed E-state index contributed by atoms with van der Waals surface area (Å²) in [7, 11) is -4.04. The Morgan fingerprint density at radius 1 is 1.09 bits per heavy atom. The molecule has 188 valence electrons. The van der Waals surface area contributed by atoms with Gasteiger partial charge in [0.25, 0.3) is 15.9 Å². The predicted molar refractivity (Wildman–Crippen MR) is 134 cm³/mol. The van der Waals surface area contributed by atoms with Crippen LogP contribution in [0.3, 0.4) is 0 Å². The van der Waals surface area contributed by atoms with Gasteiger partial charge in [-0.15, -0.1) is 0 Å². The first-order chi connectivity index (χ1) is 16.5. The number of amides is 3. The van der Waals surface area contributed by atoms with Gasteiger partial charge in [0.05, 0.1) is 15.6 Å². The molecule has 3 rings (SSSR count).